The van der Waals surface area contributed by atoms with E-state index in [0.29, 0.717) is 39.4 Å². The van der Waals surface area contributed by atoms with Gasteiger partial charge < -0.3 is 15.0 Å². The Hall–Kier alpha value is -1.23. The molecule has 1 aliphatic heterocycles. The standard InChI is InChI=1S/C14H14Cl2N2O2/c15-9-4-1-5-10(16)11(9)12-13(20-18-14(12)17)8-3-2-6-19-7-8/h1,4-5,8H,2-3,6-7H2,(H2,17,18). The van der Waals surface area contributed by atoms with Crippen molar-refractivity contribution in [3.63, 3.8) is 0 Å². The summed E-state index contributed by atoms with van der Waals surface area (Å²) in [5.41, 5.74) is 7.32. The van der Waals surface area contributed by atoms with Crippen LogP contribution in [-0.2, 0) is 4.74 Å². The minimum atomic E-state index is 0.135. The van der Waals surface area contributed by atoms with Crippen molar-refractivity contribution >= 4 is 29.0 Å². The fraction of sp³-hybridized carbons (Fsp3) is 0.357. The number of nitrogens with zero attached hydrogens (tertiary/aromatic N) is 1. The quantitative estimate of drug-likeness (QED) is 0.906. The topological polar surface area (TPSA) is 61.3 Å². The van der Waals surface area contributed by atoms with Crippen LogP contribution in [0.15, 0.2) is 22.7 Å². The second-order valence-corrected chi connectivity index (χ2v) is 5.63. The molecule has 2 aromatic rings. The Morgan fingerprint density at radius 3 is 2.60 bits per heavy atom. The van der Waals surface area contributed by atoms with Gasteiger partial charge in [-0.05, 0) is 25.0 Å². The van der Waals surface area contributed by atoms with E-state index in [4.69, 9.17) is 38.2 Å². The second kappa shape index (κ2) is 5.64. The lowest BCUT2D eigenvalue weighted by Gasteiger charge is -2.21. The summed E-state index contributed by atoms with van der Waals surface area (Å²) in [6, 6.07) is 5.34. The summed E-state index contributed by atoms with van der Waals surface area (Å²) in [4.78, 5) is 0. The fourth-order valence-electron chi connectivity index (χ4n) is 2.53. The van der Waals surface area contributed by atoms with Gasteiger partial charge in [-0.25, -0.2) is 0 Å². The summed E-state index contributed by atoms with van der Waals surface area (Å²) < 4.78 is 10.9. The first-order chi connectivity index (χ1) is 9.68. The van der Waals surface area contributed by atoms with Crippen molar-refractivity contribution < 1.29 is 9.26 Å². The van der Waals surface area contributed by atoms with Gasteiger partial charge in [0.2, 0.25) is 0 Å². The largest absolute Gasteiger partial charge is 0.381 e. The maximum Gasteiger partial charge on any atom is 0.175 e. The molecule has 1 aromatic heterocycles. The van der Waals surface area contributed by atoms with E-state index >= 15 is 0 Å². The number of hydrogen-bond donors (Lipinski definition) is 1. The smallest absolute Gasteiger partial charge is 0.175 e. The number of hydrogen-bond acceptors (Lipinski definition) is 4. The maximum absolute atomic E-state index is 6.26. The molecule has 1 fully saturated rings. The number of nitrogens with two attached hydrogens (primary N) is 1. The van der Waals surface area contributed by atoms with Crippen LogP contribution < -0.4 is 5.73 Å². The number of rotatable bonds is 2. The molecule has 106 valence electrons. The molecule has 0 bridgehead atoms. The lowest BCUT2D eigenvalue weighted by atomic mass is 9.93. The highest BCUT2D eigenvalue weighted by atomic mass is 35.5. The monoisotopic (exact) mass is 312 g/mol. The highest BCUT2D eigenvalue weighted by molar-refractivity contribution is 6.39. The fourth-order valence-corrected chi connectivity index (χ4v) is 3.12. The molecular weight excluding hydrogens is 299 g/mol. The van der Waals surface area contributed by atoms with E-state index in [1.807, 2.05) is 0 Å². The molecule has 1 saturated heterocycles. The van der Waals surface area contributed by atoms with E-state index in [2.05, 4.69) is 5.16 Å². The summed E-state index contributed by atoms with van der Waals surface area (Å²) in [5.74, 6) is 1.15. The van der Waals surface area contributed by atoms with Gasteiger partial charge in [-0.2, -0.15) is 0 Å². The van der Waals surface area contributed by atoms with Crippen LogP contribution in [0.2, 0.25) is 10.0 Å². The van der Waals surface area contributed by atoms with Crippen molar-refractivity contribution in [3.8, 4) is 11.1 Å². The Morgan fingerprint density at radius 2 is 1.95 bits per heavy atom. The van der Waals surface area contributed by atoms with Crippen LogP contribution in [0.3, 0.4) is 0 Å². The molecular formula is C14H14Cl2N2O2. The second-order valence-electron chi connectivity index (χ2n) is 4.82. The first-order valence-electron chi connectivity index (χ1n) is 6.45. The van der Waals surface area contributed by atoms with Crippen molar-refractivity contribution in [2.75, 3.05) is 18.9 Å². The number of nitrogen functional groups attached to an aromatic ring is 1. The minimum absolute atomic E-state index is 0.135. The van der Waals surface area contributed by atoms with Gasteiger partial charge >= 0.3 is 0 Å². The van der Waals surface area contributed by atoms with Gasteiger partial charge in [0.25, 0.3) is 0 Å². The number of anilines is 1. The third-order valence-corrected chi connectivity index (χ3v) is 4.12. The molecule has 0 aliphatic carbocycles. The van der Waals surface area contributed by atoms with Crippen LogP contribution in [-0.4, -0.2) is 18.4 Å². The summed E-state index contributed by atoms with van der Waals surface area (Å²) in [6.45, 7) is 1.38. The van der Waals surface area contributed by atoms with Gasteiger partial charge in [0.1, 0.15) is 0 Å². The van der Waals surface area contributed by atoms with Crippen molar-refractivity contribution in [2.24, 2.45) is 0 Å². The molecule has 6 heteroatoms. The lowest BCUT2D eigenvalue weighted by molar-refractivity contribution is 0.0723. The number of benzene rings is 1. The van der Waals surface area contributed by atoms with Gasteiger partial charge in [-0.15, -0.1) is 0 Å². The van der Waals surface area contributed by atoms with Gasteiger partial charge in [0, 0.05) is 18.1 Å². The normalized spacial score (nSPS) is 19.2. The Kier molecular flexibility index (Phi) is 3.87. The van der Waals surface area contributed by atoms with Gasteiger partial charge in [0.05, 0.1) is 22.2 Å². The third-order valence-electron chi connectivity index (χ3n) is 3.49. The number of halogens is 2. The SMILES string of the molecule is Nc1noc(C2CCCOC2)c1-c1c(Cl)cccc1Cl. The van der Waals surface area contributed by atoms with Crippen molar-refractivity contribution in [3.05, 3.63) is 34.0 Å². The zero-order valence-corrected chi connectivity index (χ0v) is 12.2. The zero-order valence-electron chi connectivity index (χ0n) is 10.7. The molecule has 1 unspecified atom stereocenters. The van der Waals surface area contributed by atoms with Crippen molar-refractivity contribution in [2.45, 2.75) is 18.8 Å². The van der Waals surface area contributed by atoms with E-state index in [1.165, 1.54) is 0 Å². The Bertz CT molecular complexity index is 601. The highest BCUT2D eigenvalue weighted by Crippen LogP contribution is 2.43. The van der Waals surface area contributed by atoms with Crippen LogP contribution in [0.4, 0.5) is 5.82 Å². The summed E-state index contributed by atoms with van der Waals surface area (Å²) in [6.07, 6.45) is 1.96. The molecule has 4 nitrogen and oxygen atoms in total. The van der Waals surface area contributed by atoms with E-state index in [1.54, 1.807) is 18.2 Å². The first-order valence-corrected chi connectivity index (χ1v) is 7.21. The van der Waals surface area contributed by atoms with E-state index in [-0.39, 0.29) is 5.92 Å². The van der Waals surface area contributed by atoms with Crippen molar-refractivity contribution in [1.82, 2.24) is 5.16 Å². The molecule has 1 atom stereocenters. The summed E-state index contributed by atoms with van der Waals surface area (Å²) in [5, 5.41) is 4.95. The predicted molar refractivity (Wildman–Crippen MR) is 79.2 cm³/mol. The van der Waals surface area contributed by atoms with Crippen LogP contribution >= 0.6 is 23.2 Å². The Morgan fingerprint density at radius 1 is 1.20 bits per heavy atom. The minimum Gasteiger partial charge on any atom is -0.381 e. The Balaban J connectivity index is 2.11. The molecule has 3 rings (SSSR count). The van der Waals surface area contributed by atoms with Gasteiger partial charge in [0.15, 0.2) is 11.6 Å². The maximum atomic E-state index is 6.26. The predicted octanol–water partition coefficient (Wildman–Crippen LogP) is 4.12. The molecule has 1 aliphatic rings. The molecule has 0 spiro atoms. The molecule has 0 radical (unpaired) electrons. The average Bonchev–Trinajstić information content (AvgIpc) is 2.82. The van der Waals surface area contributed by atoms with Crippen LogP contribution in [0.25, 0.3) is 11.1 Å². The summed E-state index contributed by atoms with van der Waals surface area (Å²) >= 11 is 12.5. The van der Waals surface area contributed by atoms with Crippen LogP contribution in [0.5, 0.6) is 0 Å². The van der Waals surface area contributed by atoms with Crippen LogP contribution in [0, 0.1) is 0 Å². The van der Waals surface area contributed by atoms with Crippen molar-refractivity contribution in [1.29, 1.82) is 0 Å². The third kappa shape index (κ3) is 2.39. The molecule has 0 saturated carbocycles. The van der Waals surface area contributed by atoms with Gasteiger partial charge in [-0.1, -0.05) is 34.4 Å². The molecule has 2 N–H and O–H groups in total. The molecule has 20 heavy (non-hydrogen) atoms. The van der Waals surface area contributed by atoms with E-state index < -0.39 is 0 Å². The number of ether oxygens (including phenoxy) is 1. The lowest BCUT2D eigenvalue weighted by Crippen LogP contribution is -2.15. The first kappa shape index (κ1) is 13.7. The highest BCUT2D eigenvalue weighted by Gasteiger charge is 2.28. The molecule has 0 amide bonds. The summed E-state index contributed by atoms with van der Waals surface area (Å²) in [7, 11) is 0. The Labute approximate surface area is 126 Å². The van der Waals surface area contributed by atoms with Crippen LogP contribution in [0.1, 0.15) is 24.5 Å². The van der Waals surface area contributed by atoms with Gasteiger partial charge in [-0.3, -0.25) is 0 Å². The number of aromatic nitrogens is 1. The molecule has 1 aromatic carbocycles. The van der Waals surface area contributed by atoms with E-state index in [9.17, 15) is 0 Å². The zero-order chi connectivity index (χ0) is 14.1. The van der Waals surface area contributed by atoms with E-state index in [0.717, 1.165) is 19.4 Å². The molecule has 2 heterocycles. The average molecular weight is 313 g/mol.